The first-order valence-electron chi connectivity index (χ1n) is 8.60. The Labute approximate surface area is 164 Å². The third kappa shape index (κ3) is 4.53. The molecular formula is C22H24O6. The van der Waals surface area contributed by atoms with Crippen LogP contribution in [0.1, 0.15) is 28.4 Å². The van der Waals surface area contributed by atoms with Gasteiger partial charge in [0.2, 0.25) is 11.5 Å². The van der Waals surface area contributed by atoms with E-state index in [4.69, 9.17) is 9.47 Å². The third-order valence-corrected chi connectivity index (χ3v) is 4.32. The number of carbonyl (C=O) groups is 1. The van der Waals surface area contributed by atoms with Crippen LogP contribution in [-0.4, -0.2) is 41.4 Å². The molecule has 0 spiro atoms. The SMILES string of the molecule is C=C(C)C(O)Cc1cc(C(=O)/C(O)=C(\O)c2ccccc2)c(OC)cc1OC. The number of hydrogen-bond acceptors (Lipinski definition) is 6. The van der Waals surface area contributed by atoms with Gasteiger partial charge >= 0.3 is 0 Å². The summed E-state index contributed by atoms with van der Waals surface area (Å²) in [5.74, 6) is -1.56. The van der Waals surface area contributed by atoms with E-state index in [-0.39, 0.29) is 17.7 Å². The lowest BCUT2D eigenvalue weighted by atomic mass is 9.97. The number of ketones is 1. The van der Waals surface area contributed by atoms with E-state index >= 15 is 0 Å². The van der Waals surface area contributed by atoms with Crippen molar-refractivity contribution >= 4 is 11.5 Å². The zero-order chi connectivity index (χ0) is 20.8. The highest BCUT2D eigenvalue weighted by atomic mass is 16.5. The number of benzene rings is 2. The van der Waals surface area contributed by atoms with Gasteiger partial charge in [-0.25, -0.2) is 0 Å². The summed E-state index contributed by atoms with van der Waals surface area (Å²) in [6.45, 7) is 5.41. The summed E-state index contributed by atoms with van der Waals surface area (Å²) in [6, 6.07) is 11.2. The van der Waals surface area contributed by atoms with Gasteiger partial charge in [-0.05, 0) is 18.6 Å². The molecule has 2 aromatic carbocycles. The first-order chi connectivity index (χ1) is 13.3. The molecule has 0 radical (unpaired) electrons. The Bertz CT molecular complexity index is 899. The molecule has 0 amide bonds. The lowest BCUT2D eigenvalue weighted by Crippen LogP contribution is -2.14. The number of aliphatic hydroxyl groups is 3. The number of methoxy groups -OCH3 is 2. The Kier molecular flexibility index (Phi) is 6.84. The number of rotatable bonds is 8. The van der Waals surface area contributed by atoms with Crippen molar-refractivity contribution in [3.05, 3.63) is 77.1 Å². The Hall–Kier alpha value is -3.25. The summed E-state index contributed by atoms with van der Waals surface area (Å²) >= 11 is 0. The average Bonchev–Trinajstić information content (AvgIpc) is 2.72. The second-order valence-electron chi connectivity index (χ2n) is 6.32. The first-order valence-corrected chi connectivity index (χ1v) is 8.60. The molecule has 1 unspecified atom stereocenters. The smallest absolute Gasteiger partial charge is 0.234 e. The molecule has 0 bridgehead atoms. The van der Waals surface area contributed by atoms with Crippen LogP contribution in [0.3, 0.4) is 0 Å². The van der Waals surface area contributed by atoms with Crippen LogP contribution >= 0.6 is 0 Å². The zero-order valence-electron chi connectivity index (χ0n) is 16.1. The van der Waals surface area contributed by atoms with Crippen LogP contribution in [0, 0.1) is 0 Å². The van der Waals surface area contributed by atoms with Crippen LogP contribution in [0.15, 0.2) is 60.4 Å². The number of ether oxygens (including phenoxy) is 2. The standard InChI is InChI=1S/C22H24O6/c1-13(2)17(23)11-15-10-16(19(28-4)12-18(15)27-3)21(25)22(26)20(24)14-8-6-5-7-9-14/h5-10,12,17,23-24,26H,1,11H2,2-4H3/b22-20+. The monoisotopic (exact) mass is 384 g/mol. The number of Topliss-reactive ketones (excluding diaryl/α,β-unsaturated/α-hetero) is 1. The lowest BCUT2D eigenvalue weighted by Gasteiger charge is -2.17. The van der Waals surface area contributed by atoms with Crippen molar-refractivity contribution in [1.29, 1.82) is 0 Å². The molecule has 0 saturated heterocycles. The summed E-state index contributed by atoms with van der Waals surface area (Å²) in [5, 5.41) is 30.7. The van der Waals surface area contributed by atoms with E-state index in [1.807, 2.05) is 0 Å². The number of aliphatic hydroxyl groups excluding tert-OH is 3. The summed E-state index contributed by atoms with van der Waals surface area (Å²) < 4.78 is 10.6. The van der Waals surface area contributed by atoms with Gasteiger partial charge in [0.1, 0.15) is 11.5 Å². The third-order valence-electron chi connectivity index (χ3n) is 4.32. The summed E-state index contributed by atoms with van der Waals surface area (Å²) in [5.41, 5.74) is 1.44. The van der Waals surface area contributed by atoms with Crippen molar-refractivity contribution in [2.24, 2.45) is 0 Å². The van der Waals surface area contributed by atoms with Crippen molar-refractivity contribution in [3.63, 3.8) is 0 Å². The molecule has 2 rings (SSSR count). The molecule has 0 aliphatic rings. The zero-order valence-corrected chi connectivity index (χ0v) is 16.1. The van der Waals surface area contributed by atoms with Gasteiger partial charge in [0.05, 0.1) is 25.9 Å². The van der Waals surface area contributed by atoms with Crippen LogP contribution in [0.4, 0.5) is 0 Å². The molecule has 2 aromatic rings. The molecule has 3 N–H and O–H groups in total. The second-order valence-corrected chi connectivity index (χ2v) is 6.32. The molecule has 1 atom stereocenters. The minimum atomic E-state index is -0.827. The van der Waals surface area contributed by atoms with Crippen LogP contribution in [0.25, 0.3) is 5.76 Å². The van der Waals surface area contributed by atoms with E-state index in [9.17, 15) is 20.1 Å². The van der Waals surface area contributed by atoms with Gasteiger partial charge < -0.3 is 24.8 Å². The summed E-state index contributed by atoms with van der Waals surface area (Å²) in [7, 11) is 2.84. The maximum Gasteiger partial charge on any atom is 0.234 e. The Morgan fingerprint density at radius 2 is 1.68 bits per heavy atom. The van der Waals surface area contributed by atoms with Gasteiger partial charge in [-0.1, -0.05) is 42.5 Å². The van der Waals surface area contributed by atoms with Crippen molar-refractivity contribution in [2.75, 3.05) is 14.2 Å². The number of hydrogen-bond donors (Lipinski definition) is 3. The fourth-order valence-electron chi connectivity index (χ4n) is 2.65. The quantitative estimate of drug-likeness (QED) is 0.277. The molecule has 6 nitrogen and oxygen atoms in total. The van der Waals surface area contributed by atoms with Crippen molar-refractivity contribution in [1.82, 2.24) is 0 Å². The van der Waals surface area contributed by atoms with Gasteiger partial charge in [0.15, 0.2) is 5.76 Å². The highest BCUT2D eigenvalue weighted by Gasteiger charge is 2.24. The highest BCUT2D eigenvalue weighted by Crippen LogP contribution is 2.32. The van der Waals surface area contributed by atoms with Crippen molar-refractivity contribution < 1.29 is 29.6 Å². The van der Waals surface area contributed by atoms with Crippen molar-refractivity contribution in [2.45, 2.75) is 19.4 Å². The Morgan fingerprint density at radius 1 is 1.07 bits per heavy atom. The van der Waals surface area contributed by atoms with E-state index < -0.39 is 23.4 Å². The Morgan fingerprint density at radius 3 is 2.21 bits per heavy atom. The highest BCUT2D eigenvalue weighted by molar-refractivity contribution is 6.12. The molecule has 0 aromatic heterocycles. The van der Waals surface area contributed by atoms with Crippen LogP contribution in [-0.2, 0) is 6.42 Å². The number of carbonyl (C=O) groups excluding carboxylic acids is 1. The molecule has 6 heteroatoms. The molecule has 28 heavy (non-hydrogen) atoms. The first kappa shape index (κ1) is 21.1. The maximum absolute atomic E-state index is 12.8. The van der Waals surface area contributed by atoms with E-state index in [1.54, 1.807) is 37.3 Å². The van der Waals surface area contributed by atoms with Crippen LogP contribution in [0.2, 0.25) is 0 Å². The predicted octanol–water partition coefficient (Wildman–Crippen LogP) is 3.85. The van der Waals surface area contributed by atoms with E-state index in [2.05, 4.69) is 6.58 Å². The summed E-state index contributed by atoms with van der Waals surface area (Å²) in [6.07, 6.45) is -0.662. The minimum Gasteiger partial charge on any atom is -0.504 e. The summed E-state index contributed by atoms with van der Waals surface area (Å²) in [4.78, 5) is 12.8. The van der Waals surface area contributed by atoms with Crippen LogP contribution in [0.5, 0.6) is 11.5 Å². The molecule has 0 aliphatic heterocycles. The van der Waals surface area contributed by atoms with E-state index in [0.29, 0.717) is 22.4 Å². The molecule has 0 fully saturated rings. The minimum absolute atomic E-state index is 0.0344. The molecule has 0 saturated carbocycles. The maximum atomic E-state index is 12.8. The average molecular weight is 384 g/mol. The molecular weight excluding hydrogens is 360 g/mol. The molecule has 0 heterocycles. The van der Waals surface area contributed by atoms with Crippen LogP contribution < -0.4 is 9.47 Å². The second kappa shape index (κ2) is 9.10. The van der Waals surface area contributed by atoms with Gasteiger partial charge in [-0.15, -0.1) is 0 Å². The Balaban J connectivity index is 2.53. The van der Waals surface area contributed by atoms with Crippen molar-refractivity contribution in [3.8, 4) is 11.5 Å². The normalized spacial score (nSPS) is 12.7. The topological polar surface area (TPSA) is 96.2 Å². The fourth-order valence-corrected chi connectivity index (χ4v) is 2.65. The number of allylic oxidation sites excluding steroid dienone is 1. The van der Waals surface area contributed by atoms with E-state index in [1.165, 1.54) is 26.4 Å². The predicted molar refractivity (Wildman–Crippen MR) is 107 cm³/mol. The van der Waals surface area contributed by atoms with Gasteiger partial charge in [-0.3, -0.25) is 4.79 Å². The molecule has 148 valence electrons. The fraction of sp³-hybridized carbons (Fsp3) is 0.227. The van der Waals surface area contributed by atoms with Gasteiger partial charge in [-0.2, -0.15) is 0 Å². The largest absolute Gasteiger partial charge is 0.504 e. The lowest BCUT2D eigenvalue weighted by molar-refractivity contribution is 0.0971. The molecule has 0 aliphatic carbocycles. The van der Waals surface area contributed by atoms with Gasteiger partial charge in [0.25, 0.3) is 0 Å². The van der Waals surface area contributed by atoms with Gasteiger partial charge in [0, 0.05) is 18.1 Å². The van der Waals surface area contributed by atoms with E-state index in [0.717, 1.165) is 0 Å².